The summed E-state index contributed by atoms with van der Waals surface area (Å²) in [4.78, 5) is 0. The maximum absolute atomic E-state index is 10.2. The van der Waals surface area contributed by atoms with E-state index in [4.69, 9.17) is 21.9 Å². The molecule has 3 aromatic heterocycles. The minimum atomic E-state index is -1.22. The van der Waals surface area contributed by atoms with E-state index in [1.807, 2.05) is 0 Å². The summed E-state index contributed by atoms with van der Waals surface area (Å²) >= 11 is 0. The molecular formula is C54H35N3. The zero-order chi connectivity index (χ0) is 67.0. The van der Waals surface area contributed by atoms with Crippen molar-refractivity contribution >= 4 is 65.4 Å². The molecule has 0 N–H and O–H groups in total. The van der Waals surface area contributed by atoms with Crippen LogP contribution in [0.15, 0.2) is 212 Å². The fraction of sp³-hybridized carbons (Fsp3) is 0. The molecule has 9 aromatic carbocycles. The molecule has 3 nitrogen and oxygen atoms in total. The van der Waals surface area contributed by atoms with Crippen molar-refractivity contribution < 1.29 is 46.6 Å². The van der Waals surface area contributed by atoms with Crippen molar-refractivity contribution in [3.8, 4) is 39.3 Å². The van der Waals surface area contributed by atoms with Crippen LogP contribution in [0.2, 0.25) is 0 Å². The Morgan fingerprint density at radius 2 is 0.789 bits per heavy atom. The minimum absolute atomic E-state index is 0.494. The molecule has 3 heteroatoms. The average Bonchev–Trinajstić information content (AvgIpc) is 1.55. The van der Waals surface area contributed by atoms with Gasteiger partial charge in [0.1, 0.15) is 0 Å². The van der Waals surface area contributed by atoms with Crippen molar-refractivity contribution in [2.45, 2.75) is 0 Å². The monoisotopic (exact) mass is 759 g/mol. The number of nitrogens with zero attached hydrogens (tertiary/aromatic N) is 3. The number of benzene rings is 9. The molecule has 0 aliphatic rings. The summed E-state index contributed by atoms with van der Waals surface area (Å²) in [6.45, 7) is 0. The third-order valence-corrected chi connectivity index (χ3v) is 9.47. The molecule has 0 saturated heterocycles. The van der Waals surface area contributed by atoms with Crippen LogP contribution in [0.3, 0.4) is 0 Å². The lowest BCUT2D eigenvalue weighted by atomic mass is 9.95. The van der Waals surface area contributed by atoms with Gasteiger partial charge in [0.25, 0.3) is 0 Å². The van der Waals surface area contributed by atoms with Gasteiger partial charge in [-0.15, -0.1) is 0 Å². The lowest BCUT2D eigenvalue weighted by Gasteiger charge is -2.21. The summed E-state index contributed by atoms with van der Waals surface area (Å²) < 4.78 is 316. The minimum Gasteiger partial charge on any atom is -0.309 e. The Labute approximate surface area is 377 Å². The number of hydrogen-bond donors (Lipinski definition) is 0. The zero-order valence-corrected chi connectivity index (χ0v) is 28.4. The van der Waals surface area contributed by atoms with E-state index in [9.17, 15) is 24.7 Å². The highest BCUT2D eigenvalue weighted by atomic mass is 15.1. The predicted octanol–water partition coefficient (Wildman–Crippen LogP) is 14.3. The van der Waals surface area contributed by atoms with Crippen LogP contribution in [0, 0.1) is 0 Å². The number of fused-ring (bicyclic) bond motifs is 9. The van der Waals surface area contributed by atoms with Gasteiger partial charge in [0.15, 0.2) is 0 Å². The first-order valence-electron chi connectivity index (χ1n) is 33.8. The van der Waals surface area contributed by atoms with Gasteiger partial charge in [-0.3, -0.25) is 0 Å². The SMILES string of the molecule is [2H]c1cc2c3c([2H])c(-n4c5c([2H])c([2H])c([2H])c([2H])c5c5c([2H])c([2H])c([2H])c([2H])c54)c([2H])c([2H])c3n(-c3c([2H])c([2H])c([2H])c4c5c([2H])c([2H])c([2H])c([2H])c5n(-c5c(-c6c([2H])c([2H])c([2H])c([2H])c6[2H])c([2H])c([2H])c([2H])c5-c5c([2H])c([2H])c([2H])c([2H])c5[2H])c34)c2c([2H])c1[2H]. The summed E-state index contributed by atoms with van der Waals surface area (Å²) in [5.74, 6) is 0. The van der Waals surface area contributed by atoms with Gasteiger partial charge in [-0.05, 0) is 59.5 Å². The van der Waals surface area contributed by atoms with E-state index in [-0.39, 0.29) is 0 Å². The summed E-state index contributed by atoms with van der Waals surface area (Å²) in [6.07, 6.45) is 0. The van der Waals surface area contributed by atoms with Crippen LogP contribution in [0.1, 0.15) is 46.6 Å². The predicted molar refractivity (Wildman–Crippen MR) is 240 cm³/mol. The molecule has 0 spiro atoms. The number of rotatable bonds is 5. The second kappa shape index (κ2) is 12.5. The van der Waals surface area contributed by atoms with E-state index in [1.54, 1.807) is 0 Å². The summed E-state index contributed by atoms with van der Waals surface area (Å²) in [5.41, 5.74) is -11.5. The van der Waals surface area contributed by atoms with Gasteiger partial charge in [0, 0.05) is 49.1 Å². The van der Waals surface area contributed by atoms with E-state index in [0.717, 1.165) is 15.2 Å². The average molecular weight is 760 g/mol. The van der Waals surface area contributed by atoms with Crippen LogP contribution in [0.5, 0.6) is 0 Å². The molecule has 0 atom stereocenters. The third-order valence-electron chi connectivity index (χ3n) is 9.47. The van der Waals surface area contributed by atoms with E-state index < -0.39 is 310 Å². The molecule has 0 fully saturated rings. The van der Waals surface area contributed by atoms with Crippen molar-refractivity contribution in [3.63, 3.8) is 0 Å². The Balaban J connectivity index is 1.44. The second-order valence-corrected chi connectivity index (χ2v) is 12.3. The van der Waals surface area contributed by atoms with Crippen LogP contribution in [-0.2, 0) is 0 Å². The van der Waals surface area contributed by atoms with Crippen LogP contribution >= 0.6 is 0 Å². The molecule has 3 heterocycles. The molecule has 266 valence electrons. The molecule has 0 radical (unpaired) electrons. The first kappa shape index (κ1) is 13.0. The number of aromatic nitrogens is 3. The first-order valence-corrected chi connectivity index (χ1v) is 16.8. The highest BCUT2D eigenvalue weighted by Gasteiger charge is 2.24. The summed E-state index contributed by atoms with van der Waals surface area (Å²) in [6, 6.07) is -34.2. The van der Waals surface area contributed by atoms with E-state index in [1.165, 1.54) is 0 Å². The molecule has 0 bridgehead atoms. The normalized spacial score (nSPS) is 20.2. The Morgan fingerprint density at radius 3 is 1.42 bits per heavy atom. The molecular weight excluding hydrogens is 691 g/mol. The lowest BCUT2D eigenvalue weighted by Crippen LogP contribution is -2.04. The highest BCUT2D eigenvalue weighted by molar-refractivity contribution is 6.16. The van der Waals surface area contributed by atoms with Crippen LogP contribution in [-0.4, -0.2) is 13.7 Å². The molecule has 0 aliphatic carbocycles. The van der Waals surface area contributed by atoms with Crippen molar-refractivity contribution in [3.05, 3.63) is 212 Å². The molecule has 0 saturated carbocycles. The molecule has 0 unspecified atom stereocenters. The van der Waals surface area contributed by atoms with E-state index >= 15 is 0 Å². The van der Waals surface area contributed by atoms with E-state index in [2.05, 4.69) is 0 Å². The molecule has 57 heavy (non-hydrogen) atoms. The lowest BCUT2D eigenvalue weighted by molar-refractivity contribution is 1.13. The summed E-state index contributed by atoms with van der Waals surface area (Å²) in [5, 5.41) is -3.73. The van der Waals surface area contributed by atoms with Crippen molar-refractivity contribution in [1.29, 1.82) is 0 Å². The smallest absolute Gasteiger partial charge is 0.0782 e. The van der Waals surface area contributed by atoms with Gasteiger partial charge in [0.2, 0.25) is 0 Å². The van der Waals surface area contributed by atoms with Gasteiger partial charge in [-0.1, -0.05) is 163 Å². The Morgan fingerprint density at radius 1 is 0.316 bits per heavy atom. The van der Waals surface area contributed by atoms with Gasteiger partial charge in [-0.25, -0.2) is 0 Å². The zero-order valence-electron chi connectivity index (χ0n) is 62.4. The fourth-order valence-corrected chi connectivity index (χ4v) is 7.23. The summed E-state index contributed by atoms with van der Waals surface area (Å²) in [7, 11) is 0. The van der Waals surface area contributed by atoms with Crippen molar-refractivity contribution in [2.24, 2.45) is 0 Å². The Kier molecular flexibility index (Phi) is 2.84. The topological polar surface area (TPSA) is 14.8 Å². The van der Waals surface area contributed by atoms with Crippen LogP contribution in [0.4, 0.5) is 0 Å². The molecule has 0 aliphatic heterocycles. The maximum atomic E-state index is 10.2. The first-order chi connectivity index (χ1) is 42.4. The molecule has 12 aromatic rings. The third kappa shape index (κ3) is 4.66. The fourth-order valence-electron chi connectivity index (χ4n) is 7.23. The van der Waals surface area contributed by atoms with Gasteiger partial charge >= 0.3 is 0 Å². The van der Waals surface area contributed by atoms with Crippen LogP contribution < -0.4 is 0 Å². The molecule has 12 rings (SSSR count). The molecule has 0 amide bonds. The standard InChI is InChI=1S/C54H35N3/c1-3-17-36(18-4-1)39-25-15-26-40(37-19-5-2-6-20-37)53(39)57-50-31-14-9-23-43(50)45-27-16-32-52(54(45)57)56-49-30-13-10-24-44(49)46-35-38(33-34-51(46)56)55-47-28-11-7-21-41(47)42-22-8-12-29-48(42)55/h1-35H/i1D,2D,3D,4D,5D,6D,7D,8D,9D,10D,11D,12D,13D,14D,15D,16D,17D,18D,19D,20D,21D,22D,23D,25D,26D,27D,28D,29D,30D,31D,32D,33D,34D,35D. The van der Waals surface area contributed by atoms with Crippen LogP contribution in [0.25, 0.3) is 105 Å². The van der Waals surface area contributed by atoms with E-state index in [0.29, 0.717) is 4.57 Å². The van der Waals surface area contributed by atoms with Gasteiger partial charge in [-0.2, -0.15) is 0 Å². The Hall–Kier alpha value is -7.62. The van der Waals surface area contributed by atoms with Gasteiger partial charge < -0.3 is 13.7 Å². The maximum Gasteiger partial charge on any atom is 0.0782 e. The second-order valence-electron chi connectivity index (χ2n) is 12.3. The quantitative estimate of drug-likeness (QED) is 0.166. The number of hydrogen-bond acceptors (Lipinski definition) is 0. The Bertz CT molecular complexity index is 5290. The van der Waals surface area contributed by atoms with Crippen molar-refractivity contribution in [2.75, 3.05) is 0 Å². The largest absolute Gasteiger partial charge is 0.309 e. The van der Waals surface area contributed by atoms with Gasteiger partial charge in [0.05, 0.1) is 91.1 Å². The highest BCUT2D eigenvalue weighted by Crippen LogP contribution is 2.45. The number of para-hydroxylation sites is 6. The van der Waals surface area contributed by atoms with Crippen molar-refractivity contribution in [1.82, 2.24) is 13.7 Å².